The van der Waals surface area contributed by atoms with Gasteiger partial charge in [0.2, 0.25) is 0 Å². The number of hydrogen-bond donors (Lipinski definition) is 2. The lowest BCUT2D eigenvalue weighted by molar-refractivity contribution is -0.142. The van der Waals surface area contributed by atoms with Crippen molar-refractivity contribution in [3.05, 3.63) is 29.3 Å². The van der Waals surface area contributed by atoms with Crippen molar-refractivity contribution in [2.24, 2.45) is 0 Å². The van der Waals surface area contributed by atoms with Gasteiger partial charge in [0, 0.05) is 0 Å². The van der Waals surface area contributed by atoms with E-state index in [0.29, 0.717) is 12.1 Å². The predicted octanol–water partition coefficient (Wildman–Crippen LogP) is 1.81. The molecule has 1 aromatic rings. The third-order valence-corrected chi connectivity index (χ3v) is 2.39. The van der Waals surface area contributed by atoms with Crippen LogP contribution in [0.5, 0.6) is 0 Å². The summed E-state index contributed by atoms with van der Waals surface area (Å²) < 4.78 is 80.1. The van der Waals surface area contributed by atoms with E-state index in [4.69, 9.17) is 5.11 Å². The number of benzene rings is 1. The van der Waals surface area contributed by atoms with Crippen LogP contribution >= 0.6 is 0 Å². The molecule has 0 aliphatic heterocycles. The van der Waals surface area contributed by atoms with Crippen molar-refractivity contribution in [3.63, 3.8) is 0 Å². The van der Waals surface area contributed by atoms with Gasteiger partial charge in [-0.25, -0.2) is 0 Å². The fourth-order valence-electron chi connectivity index (χ4n) is 1.45. The molecule has 21 heavy (non-hydrogen) atoms. The minimum atomic E-state index is -5.00. The highest BCUT2D eigenvalue weighted by Gasteiger charge is 2.38. The first-order valence-corrected chi connectivity index (χ1v) is 5.68. The van der Waals surface area contributed by atoms with Crippen LogP contribution in [0.2, 0.25) is 0 Å². The predicted molar refractivity (Wildman–Crippen MR) is 61.7 cm³/mol. The van der Waals surface area contributed by atoms with Crippen molar-refractivity contribution < 1.29 is 41.1 Å². The van der Waals surface area contributed by atoms with Gasteiger partial charge in [0.25, 0.3) is 0 Å². The molecule has 3 nitrogen and oxygen atoms in total. The quantitative estimate of drug-likeness (QED) is 0.658. The zero-order valence-electron chi connectivity index (χ0n) is 10.7. The molecule has 0 radical (unpaired) electrons. The van der Waals surface area contributed by atoms with E-state index in [-0.39, 0.29) is 6.07 Å². The van der Waals surface area contributed by atoms with E-state index in [9.17, 15) is 31.4 Å². The Morgan fingerprint density at radius 1 is 1.05 bits per heavy atom. The van der Waals surface area contributed by atoms with Gasteiger partial charge in [-0.1, -0.05) is 12.1 Å². The van der Waals surface area contributed by atoms with Gasteiger partial charge >= 0.3 is 19.5 Å². The maximum atomic E-state index is 12.6. The maximum Gasteiger partial charge on any atom is 0.491 e. The Morgan fingerprint density at radius 3 is 1.81 bits per heavy atom. The lowest BCUT2D eigenvalue weighted by Gasteiger charge is -2.16. The van der Waals surface area contributed by atoms with Gasteiger partial charge in [-0.05, 0) is 18.5 Å². The Morgan fingerprint density at radius 2 is 1.48 bits per heavy atom. The third kappa shape index (κ3) is 5.22. The molecule has 2 N–H and O–H groups in total. The van der Waals surface area contributed by atoms with Crippen molar-refractivity contribution in [1.29, 1.82) is 0 Å². The molecule has 0 saturated heterocycles. The van der Waals surface area contributed by atoms with Crippen molar-refractivity contribution in [3.8, 4) is 0 Å². The van der Waals surface area contributed by atoms with Crippen LogP contribution in [0.1, 0.15) is 18.1 Å². The second kappa shape index (κ2) is 6.24. The Labute approximate surface area is 116 Å². The Hall–Kier alpha value is -1.26. The monoisotopic (exact) mass is 316 g/mol. The van der Waals surface area contributed by atoms with Gasteiger partial charge in [-0.15, -0.1) is 0 Å². The molecule has 1 atom stereocenters. The molecule has 1 unspecified atom stereocenters. The first-order valence-electron chi connectivity index (χ1n) is 5.68. The molecule has 10 heteroatoms. The highest BCUT2D eigenvalue weighted by molar-refractivity contribution is 6.60. The summed E-state index contributed by atoms with van der Waals surface area (Å²) in [6, 6.07) is 0.675. The van der Waals surface area contributed by atoms with Crippen molar-refractivity contribution in [1.82, 2.24) is 0 Å². The van der Waals surface area contributed by atoms with E-state index in [1.807, 2.05) is 0 Å². The van der Waals surface area contributed by atoms with Crippen LogP contribution in [0.15, 0.2) is 18.2 Å². The van der Waals surface area contributed by atoms with Gasteiger partial charge in [0.1, 0.15) is 0 Å². The molecule has 0 aliphatic carbocycles. The molecular formula is C11H11BF6O3. The van der Waals surface area contributed by atoms with Crippen LogP contribution in [0.25, 0.3) is 0 Å². The zero-order valence-corrected chi connectivity index (χ0v) is 10.7. The van der Waals surface area contributed by atoms with Crippen LogP contribution in [0, 0.1) is 0 Å². The van der Waals surface area contributed by atoms with Crippen LogP contribution in [-0.4, -0.2) is 30.0 Å². The molecule has 0 bridgehead atoms. The minimum Gasteiger partial charge on any atom is -0.423 e. The summed E-state index contributed by atoms with van der Waals surface area (Å²) in [4.78, 5) is 0. The molecule has 0 aliphatic rings. The molecule has 1 aromatic carbocycles. The molecule has 0 aromatic heterocycles. The van der Waals surface area contributed by atoms with E-state index in [1.54, 1.807) is 0 Å². The first-order chi connectivity index (χ1) is 9.41. The summed E-state index contributed by atoms with van der Waals surface area (Å²) in [7, 11) is -2.01. The summed E-state index contributed by atoms with van der Waals surface area (Å²) in [6.45, 7) is 0.832. The summed E-state index contributed by atoms with van der Waals surface area (Å²) >= 11 is 0. The Kier molecular flexibility index (Phi) is 5.29. The smallest absolute Gasteiger partial charge is 0.423 e. The maximum absolute atomic E-state index is 12.6. The second-order valence-electron chi connectivity index (χ2n) is 4.37. The minimum absolute atomic E-state index is 0.0507. The zero-order chi connectivity index (χ0) is 16.4. The molecule has 1 rings (SSSR count). The molecule has 0 fully saturated rings. The van der Waals surface area contributed by atoms with Crippen LogP contribution in [0.3, 0.4) is 0 Å². The second-order valence-corrected chi connectivity index (χ2v) is 4.37. The molecule has 0 spiro atoms. The first kappa shape index (κ1) is 17.8. The van der Waals surface area contributed by atoms with E-state index in [0.717, 1.165) is 0 Å². The van der Waals surface area contributed by atoms with Gasteiger partial charge in [-0.2, -0.15) is 26.3 Å². The van der Waals surface area contributed by atoms with Crippen LogP contribution in [0.4, 0.5) is 26.3 Å². The van der Waals surface area contributed by atoms with Crippen LogP contribution < -0.4 is 5.46 Å². The Balaban J connectivity index is 3.19. The van der Waals surface area contributed by atoms with Crippen molar-refractivity contribution >= 4 is 12.6 Å². The van der Waals surface area contributed by atoms with Crippen LogP contribution in [-0.2, 0) is 17.0 Å². The third-order valence-electron chi connectivity index (χ3n) is 2.39. The highest BCUT2D eigenvalue weighted by Crippen LogP contribution is 2.34. The van der Waals surface area contributed by atoms with E-state index in [1.165, 1.54) is 6.92 Å². The normalized spacial score (nSPS) is 14.1. The number of alkyl halides is 6. The average Bonchev–Trinajstić information content (AvgIpc) is 2.33. The fraction of sp³-hybridized carbons (Fsp3) is 0.455. The number of halogens is 6. The topological polar surface area (TPSA) is 49.7 Å². The molecule has 0 heterocycles. The molecular weight excluding hydrogens is 305 g/mol. The van der Waals surface area contributed by atoms with E-state index in [2.05, 4.69) is 4.65 Å². The van der Waals surface area contributed by atoms with Gasteiger partial charge < -0.3 is 14.8 Å². The van der Waals surface area contributed by atoms with Crippen molar-refractivity contribution in [2.75, 3.05) is 6.61 Å². The summed E-state index contributed by atoms with van der Waals surface area (Å²) in [5.74, 6) is 0. The molecule has 118 valence electrons. The number of aliphatic hydroxyl groups is 1. The fourth-order valence-corrected chi connectivity index (χ4v) is 1.45. The van der Waals surface area contributed by atoms with E-state index >= 15 is 0 Å². The van der Waals surface area contributed by atoms with Gasteiger partial charge in [-0.3, -0.25) is 0 Å². The lowest BCUT2D eigenvalue weighted by Crippen LogP contribution is -2.37. The number of aliphatic hydroxyl groups excluding tert-OH is 1. The van der Waals surface area contributed by atoms with Gasteiger partial charge in [0.15, 0.2) is 0 Å². The SMILES string of the molecule is CC(O)COB(O)c1cc(C(F)(F)F)cc(C(F)(F)F)c1. The van der Waals surface area contributed by atoms with Crippen molar-refractivity contribution in [2.45, 2.75) is 25.4 Å². The number of hydrogen-bond acceptors (Lipinski definition) is 3. The number of rotatable bonds is 4. The largest absolute Gasteiger partial charge is 0.491 e. The highest BCUT2D eigenvalue weighted by atomic mass is 19.4. The summed E-state index contributed by atoms with van der Waals surface area (Å²) in [6.07, 6.45) is -11.0. The Bertz CT molecular complexity index is 454. The molecule has 0 saturated carbocycles. The van der Waals surface area contributed by atoms with Gasteiger partial charge in [0.05, 0.1) is 23.8 Å². The lowest BCUT2D eigenvalue weighted by atomic mass is 9.77. The average molecular weight is 316 g/mol. The summed E-state index contributed by atoms with van der Waals surface area (Å²) in [5, 5.41) is 18.4. The molecule has 0 amide bonds. The summed E-state index contributed by atoms with van der Waals surface area (Å²) in [5.41, 5.74) is -3.79. The van der Waals surface area contributed by atoms with E-state index < -0.39 is 48.8 Å². The standard InChI is InChI=1S/C11H11BF6O3/c1-6(19)5-21-12(20)9-3-7(10(13,14)15)2-8(4-9)11(16,17)18/h2-4,6,19-20H,5H2,1H3.